The van der Waals surface area contributed by atoms with Crippen molar-refractivity contribution in [1.82, 2.24) is 9.13 Å². The summed E-state index contributed by atoms with van der Waals surface area (Å²) in [6.07, 6.45) is 0. The molecule has 0 aliphatic rings. The highest BCUT2D eigenvalue weighted by molar-refractivity contribution is 7.25. The molecule has 3 nitrogen and oxygen atoms in total. The molecular formula is C48H28N2OS. The molecule has 0 unspecified atom stereocenters. The quantitative estimate of drug-likeness (QED) is 0.182. The summed E-state index contributed by atoms with van der Waals surface area (Å²) in [6, 6.07) is 61.7. The lowest BCUT2D eigenvalue weighted by Crippen LogP contribution is -1.95. The fourth-order valence-corrected chi connectivity index (χ4v) is 9.76. The van der Waals surface area contributed by atoms with Crippen molar-refractivity contribution in [2.45, 2.75) is 0 Å². The minimum atomic E-state index is 0.912. The predicted octanol–water partition coefficient (Wildman–Crippen LogP) is 13.8. The van der Waals surface area contributed by atoms with Gasteiger partial charge in [-0.05, 0) is 90.0 Å². The maximum atomic E-state index is 6.68. The lowest BCUT2D eigenvalue weighted by molar-refractivity contribution is 0.673. The lowest BCUT2D eigenvalue weighted by atomic mass is 10.0. The molecule has 0 bridgehead atoms. The van der Waals surface area contributed by atoms with E-state index in [4.69, 9.17) is 4.42 Å². The molecule has 0 aliphatic carbocycles. The fraction of sp³-hybridized carbons (Fsp3) is 0. The van der Waals surface area contributed by atoms with Gasteiger partial charge in [-0.25, -0.2) is 0 Å². The Morgan fingerprint density at radius 2 is 1.08 bits per heavy atom. The highest BCUT2D eigenvalue weighted by atomic mass is 32.1. The lowest BCUT2D eigenvalue weighted by Gasteiger charge is -2.11. The van der Waals surface area contributed by atoms with Crippen LogP contribution < -0.4 is 0 Å². The SMILES string of the molecule is c1ccc(-n2c3ccc4c5ccccc5oc4c3c3ccc4c(c5ccccc5n4-c4cccc(-c5ccc6sc7ccccc7c6c5)c4)c32)cc1. The Morgan fingerprint density at radius 3 is 1.98 bits per heavy atom. The fourth-order valence-electron chi connectivity index (χ4n) is 8.68. The maximum Gasteiger partial charge on any atom is 0.145 e. The number of thiophene rings is 1. The van der Waals surface area contributed by atoms with E-state index >= 15 is 0 Å². The number of fused-ring (bicyclic) bond motifs is 14. The average molecular weight is 681 g/mol. The highest BCUT2D eigenvalue weighted by Crippen LogP contribution is 2.45. The van der Waals surface area contributed by atoms with Crippen LogP contribution in [-0.2, 0) is 0 Å². The second kappa shape index (κ2) is 10.5. The molecule has 242 valence electrons. The van der Waals surface area contributed by atoms with Gasteiger partial charge in [-0.15, -0.1) is 11.3 Å². The van der Waals surface area contributed by atoms with Crippen LogP contribution in [0, 0.1) is 0 Å². The molecule has 0 N–H and O–H groups in total. The Balaban J connectivity index is 1.17. The van der Waals surface area contributed by atoms with Gasteiger partial charge in [0, 0.05) is 58.5 Å². The van der Waals surface area contributed by atoms with Crippen LogP contribution in [0.3, 0.4) is 0 Å². The van der Waals surface area contributed by atoms with Crippen LogP contribution in [-0.4, -0.2) is 9.13 Å². The summed E-state index contributed by atoms with van der Waals surface area (Å²) in [6.45, 7) is 0. The van der Waals surface area contributed by atoms with Crippen molar-refractivity contribution in [3.63, 3.8) is 0 Å². The van der Waals surface area contributed by atoms with Crippen molar-refractivity contribution in [2.75, 3.05) is 0 Å². The molecular weight excluding hydrogens is 653 g/mol. The maximum absolute atomic E-state index is 6.68. The summed E-state index contributed by atoms with van der Waals surface area (Å²) in [7, 11) is 0. The first kappa shape index (κ1) is 28.1. The van der Waals surface area contributed by atoms with E-state index in [-0.39, 0.29) is 0 Å². The van der Waals surface area contributed by atoms with Gasteiger partial charge in [0.2, 0.25) is 0 Å². The zero-order valence-electron chi connectivity index (χ0n) is 27.9. The van der Waals surface area contributed by atoms with E-state index in [0.717, 1.165) is 44.2 Å². The Morgan fingerprint density at radius 1 is 0.385 bits per heavy atom. The molecule has 0 fully saturated rings. The van der Waals surface area contributed by atoms with Gasteiger partial charge >= 0.3 is 0 Å². The minimum absolute atomic E-state index is 0.912. The van der Waals surface area contributed by atoms with Crippen LogP contribution >= 0.6 is 11.3 Å². The van der Waals surface area contributed by atoms with Crippen LogP contribution in [0.25, 0.3) is 108 Å². The molecule has 0 saturated heterocycles. The van der Waals surface area contributed by atoms with Crippen LogP contribution in [0.5, 0.6) is 0 Å². The molecule has 4 aromatic heterocycles. The van der Waals surface area contributed by atoms with Crippen LogP contribution in [0.2, 0.25) is 0 Å². The standard InChI is InChI=1S/C48H28N2OS/c1-2-12-31(13-3-1)50-41-24-22-35-33-15-5-8-19-42(33)51-48(35)46(41)37-23-25-40-45(47(37)50)36-17-4-7-18-39(36)49(40)32-14-10-11-29(27-32)30-21-26-44-38(28-30)34-16-6-9-20-43(34)52-44/h1-28H. The largest absolute Gasteiger partial charge is 0.455 e. The van der Waals surface area contributed by atoms with Crippen LogP contribution in [0.15, 0.2) is 174 Å². The third-order valence-corrected chi connectivity index (χ3v) is 12.1. The average Bonchev–Trinajstić information content (AvgIpc) is 3.95. The molecule has 0 spiro atoms. The molecule has 0 amide bonds. The number of furan rings is 1. The molecule has 0 saturated carbocycles. The predicted molar refractivity (Wildman–Crippen MR) is 221 cm³/mol. The molecule has 0 aliphatic heterocycles. The van der Waals surface area contributed by atoms with E-state index in [1.54, 1.807) is 0 Å². The van der Waals surface area contributed by atoms with E-state index in [1.165, 1.54) is 64.0 Å². The second-order valence-corrected chi connectivity index (χ2v) is 14.8. The summed E-state index contributed by atoms with van der Waals surface area (Å²) < 4.78 is 14.2. The summed E-state index contributed by atoms with van der Waals surface area (Å²) >= 11 is 1.86. The molecule has 0 radical (unpaired) electrons. The summed E-state index contributed by atoms with van der Waals surface area (Å²) in [5.74, 6) is 0. The Bertz CT molecular complexity index is 3410. The number of hydrogen-bond donors (Lipinski definition) is 0. The monoisotopic (exact) mass is 680 g/mol. The molecule has 12 rings (SSSR count). The summed E-state index contributed by atoms with van der Waals surface area (Å²) in [5.41, 5.74) is 11.2. The first-order valence-electron chi connectivity index (χ1n) is 17.7. The van der Waals surface area contributed by atoms with Gasteiger partial charge in [-0.3, -0.25) is 0 Å². The third-order valence-electron chi connectivity index (χ3n) is 10.9. The van der Waals surface area contributed by atoms with Crippen molar-refractivity contribution in [2.24, 2.45) is 0 Å². The Labute approximate surface area is 301 Å². The summed E-state index contributed by atoms with van der Waals surface area (Å²) in [5, 5.41) is 9.70. The molecule has 0 atom stereocenters. The number of aromatic nitrogens is 2. The van der Waals surface area contributed by atoms with Crippen molar-refractivity contribution < 1.29 is 4.42 Å². The highest BCUT2D eigenvalue weighted by Gasteiger charge is 2.23. The van der Waals surface area contributed by atoms with Gasteiger partial charge in [0.15, 0.2) is 0 Å². The van der Waals surface area contributed by atoms with E-state index in [0.29, 0.717) is 0 Å². The number of benzene rings is 8. The topological polar surface area (TPSA) is 23.0 Å². The molecule has 12 aromatic rings. The van der Waals surface area contributed by atoms with E-state index < -0.39 is 0 Å². The second-order valence-electron chi connectivity index (χ2n) is 13.7. The zero-order chi connectivity index (χ0) is 33.9. The first-order chi connectivity index (χ1) is 25.8. The Kier molecular flexibility index (Phi) is 5.65. The Hall–Kier alpha value is -6.62. The van der Waals surface area contributed by atoms with E-state index in [9.17, 15) is 0 Å². The van der Waals surface area contributed by atoms with Gasteiger partial charge in [-0.2, -0.15) is 0 Å². The van der Waals surface area contributed by atoms with Crippen LogP contribution in [0.4, 0.5) is 0 Å². The molecule has 8 aromatic carbocycles. The van der Waals surface area contributed by atoms with Gasteiger partial charge < -0.3 is 13.6 Å². The van der Waals surface area contributed by atoms with Gasteiger partial charge in [0.25, 0.3) is 0 Å². The normalized spacial score (nSPS) is 12.2. The van der Waals surface area contributed by atoms with E-state index in [2.05, 4.69) is 173 Å². The molecule has 4 heteroatoms. The number of rotatable bonds is 3. The summed E-state index contributed by atoms with van der Waals surface area (Å²) in [4.78, 5) is 0. The smallest absolute Gasteiger partial charge is 0.145 e. The third kappa shape index (κ3) is 3.79. The zero-order valence-corrected chi connectivity index (χ0v) is 28.7. The van der Waals surface area contributed by atoms with Crippen molar-refractivity contribution >= 4 is 97.1 Å². The molecule has 52 heavy (non-hydrogen) atoms. The van der Waals surface area contributed by atoms with Gasteiger partial charge in [0.1, 0.15) is 11.2 Å². The van der Waals surface area contributed by atoms with Crippen molar-refractivity contribution in [3.8, 4) is 22.5 Å². The van der Waals surface area contributed by atoms with Gasteiger partial charge in [-0.1, -0.05) is 91.0 Å². The first-order valence-corrected chi connectivity index (χ1v) is 18.5. The minimum Gasteiger partial charge on any atom is -0.455 e. The number of nitrogens with zero attached hydrogens (tertiary/aromatic N) is 2. The van der Waals surface area contributed by atoms with Crippen molar-refractivity contribution in [1.29, 1.82) is 0 Å². The van der Waals surface area contributed by atoms with Crippen LogP contribution in [0.1, 0.15) is 0 Å². The van der Waals surface area contributed by atoms with Gasteiger partial charge in [0.05, 0.1) is 27.5 Å². The number of para-hydroxylation sites is 3. The molecule has 4 heterocycles. The number of hydrogen-bond acceptors (Lipinski definition) is 2. The van der Waals surface area contributed by atoms with E-state index in [1.807, 2.05) is 17.4 Å². The van der Waals surface area contributed by atoms with Crippen molar-refractivity contribution in [3.05, 3.63) is 170 Å².